The molecule has 2 N–H and O–H groups in total. The van der Waals surface area contributed by atoms with Gasteiger partial charge in [-0.1, -0.05) is 28.1 Å². The van der Waals surface area contributed by atoms with Crippen LogP contribution < -0.4 is 5.73 Å². The van der Waals surface area contributed by atoms with Gasteiger partial charge in [0.15, 0.2) is 0 Å². The zero-order valence-corrected chi connectivity index (χ0v) is 8.47. The van der Waals surface area contributed by atoms with Crippen molar-refractivity contribution in [3.63, 3.8) is 0 Å². The summed E-state index contributed by atoms with van der Waals surface area (Å²) in [4.78, 5) is 0. The smallest absolute Gasteiger partial charge is 0.0178 e. The highest BCUT2D eigenvalue weighted by Crippen LogP contribution is 2.47. The number of benzene rings is 1. The molecule has 2 heteroatoms. The third kappa shape index (κ3) is 1.29. The Hall–Kier alpha value is -0.340. The van der Waals surface area contributed by atoms with Crippen molar-refractivity contribution in [1.82, 2.24) is 0 Å². The minimum Gasteiger partial charge on any atom is -0.330 e. The van der Waals surface area contributed by atoms with Gasteiger partial charge in [0.1, 0.15) is 0 Å². The molecule has 0 amide bonds. The Morgan fingerprint density at radius 3 is 2.67 bits per heavy atom. The van der Waals surface area contributed by atoms with Gasteiger partial charge in [0.2, 0.25) is 0 Å². The summed E-state index contributed by atoms with van der Waals surface area (Å²) in [5.41, 5.74) is 7.45. The quantitative estimate of drug-likeness (QED) is 0.823. The summed E-state index contributed by atoms with van der Waals surface area (Å²) in [5, 5.41) is 0. The molecule has 0 aliphatic heterocycles. The summed E-state index contributed by atoms with van der Waals surface area (Å²) in [6, 6.07) is 8.48. The minimum atomic E-state index is 0.323. The molecule has 1 aliphatic carbocycles. The summed E-state index contributed by atoms with van der Waals surface area (Å²) in [6.45, 7) is 0.781. The largest absolute Gasteiger partial charge is 0.330 e. The van der Waals surface area contributed by atoms with Crippen molar-refractivity contribution in [3.8, 4) is 0 Å². The van der Waals surface area contributed by atoms with Crippen LogP contribution in [0.4, 0.5) is 0 Å². The molecule has 0 atom stereocenters. The third-order valence-electron chi connectivity index (χ3n) is 2.68. The van der Waals surface area contributed by atoms with Crippen molar-refractivity contribution < 1.29 is 0 Å². The fourth-order valence-electron chi connectivity index (χ4n) is 1.58. The van der Waals surface area contributed by atoms with E-state index in [1.54, 1.807) is 0 Å². The lowest BCUT2D eigenvalue weighted by Crippen LogP contribution is -2.19. The number of nitrogens with two attached hydrogens (primary N) is 1. The van der Waals surface area contributed by atoms with Crippen molar-refractivity contribution >= 4 is 15.9 Å². The summed E-state index contributed by atoms with van der Waals surface area (Å²) in [7, 11) is 0. The van der Waals surface area contributed by atoms with Crippen molar-refractivity contribution in [1.29, 1.82) is 0 Å². The monoisotopic (exact) mass is 225 g/mol. The molecule has 12 heavy (non-hydrogen) atoms. The molecular formula is C10H12BrN. The average molecular weight is 226 g/mol. The Bertz CT molecular complexity index is 292. The molecule has 1 fully saturated rings. The average Bonchev–Trinajstić information content (AvgIpc) is 2.84. The predicted octanol–water partition coefficient (Wildman–Crippen LogP) is 2.44. The van der Waals surface area contributed by atoms with Gasteiger partial charge >= 0.3 is 0 Å². The normalized spacial score (nSPS) is 19.2. The maximum atomic E-state index is 5.74. The Labute approximate surface area is 81.1 Å². The topological polar surface area (TPSA) is 26.0 Å². The Morgan fingerprint density at radius 2 is 2.17 bits per heavy atom. The van der Waals surface area contributed by atoms with E-state index in [2.05, 4.69) is 40.2 Å². The first kappa shape index (κ1) is 8.27. The molecule has 64 valence electrons. The second-order valence-electron chi connectivity index (χ2n) is 3.49. The van der Waals surface area contributed by atoms with Crippen LogP contribution in [0.3, 0.4) is 0 Å². The van der Waals surface area contributed by atoms with Crippen LogP contribution in [0.25, 0.3) is 0 Å². The molecule has 1 aromatic carbocycles. The highest BCUT2D eigenvalue weighted by molar-refractivity contribution is 9.10. The van der Waals surface area contributed by atoms with Crippen molar-refractivity contribution in [3.05, 3.63) is 34.3 Å². The minimum absolute atomic E-state index is 0.323. The highest BCUT2D eigenvalue weighted by atomic mass is 79.9. The second kappa shape index (κ2) is 2.86. The van der Waals surface area contributed by atoms with E-state index >= 15 is 0 Å². The lowest BCUT2D eigenvalue weighted by atomic mass is 9.96. The molecule has 1 aromatic rings. The molecule has 1 aliphatic rings. The molecule has 0 heterocycles. The van der Waals surface area contributed by atoms with Crippen LogP contribution >= 0.6 is 15.9 Å². The van der Waals surface area contributed by atoms with E-state index in [0.29, 0.717) is 5.41 Å². The molecule has 2 rings (SSSR count). The second-order valence-corrected chi connectivity index (χ2v) is 4.41. The third-order valence-corrected chi connectivity index (χ3v) is 3.17. The van der Waals surface area contributed by atoms with Crippen LogP contribution in [0.1, 0.15) is 18.4 Å². The highest BCUT2D eigenvalue weighted by Gasteiger charge is 2.42. The summed E-state index contributed by atoms with van der Waals surface area (Å²) < 4.78 is 1.15. The van der Waals surface area contributed by atoms with Gasteiger partial charge in [-0.15, -0.1) is 0 Å². The van der Waals surface area contributed by atoms with E-state index in [4.69, 9.17) is 5.73 Å². The van der Waals surface area contributed by atoms with Gasteiger partial charge in [-0.2, -0.15) is 0 Å². The Morgan fingerprint density at radius 1 is 1.42 bits per heavy atom. The van der Waals surface area contributed by atoms with Gasteiger partial charge in [-0.25, -0.2) is 0 Å². The van der Waals surface area contributed by atoms with E-state index < -0.39 is 0 Å². The summed E-state index contributed by atoms with van der Waals surface area (Å²) in [5.74, 6) is 0. The number of hydrogen-bond donors (Lipinski definition) is 1. The van der Waals surface area contributed by atoms with Crippen LogP contribution in [0.15, 0.2) is 28.7 Å². The molecule has 1 saturated carbocycles. The SMILES string of the molecule is NCC1(c2cccc(Br)c2)CC1. The van der Waals surface area contributed by atoms with E-state index in [1.165, 1.54) is 18.4 Å². The number of hydrogen-bond acceptors (Lipinski definition) is 1. The molecular weight excluding hydrogens is 214 g/mol. The molecule has 0 aromatic heterocycles. The first-order chi connectivity index (χ1) is 5.77. The Balaban J connectivity index is 2.34. The summed E-state index contributed by atoms with van der Waals surface area (Å²) in [6.07, 6.45) is 2.50. The molecule has 0 radical (unpaired) electrons. The fraction of sp³-hybridized carbons (Fsp3) is 0.400. The van der Waals surface area contributed by atoms with E-state index in [-0.39, 0.29) is 0 Å². The lowest BCUT2D eigenvalue weighted by Gasteiger charge is -2.12. The molecule has 0 bridgehead atoms. The summed E-state index contributed by atoms with van der Waals surface area (Å²) >= 11 is 3.47. The first-order valence-corrected chi connectivity index (χ1v) is 5.02. The van der Waals surface area contributed by atoms with Crippen molar-refractivity contribution in [2.45, 2.75) is 18.3 Å². The van der Waals surface area contributed by atoms with E-state index in [0.717, 1.165) is 11.0 Å². The van der Waals surface area contributed by atoms with Gasteiger partial charge in [-0.3, -0.25) is 0 Å². The maximum absolute atomic E-state index is 5.74. The molecule has 1 nitrogen and oxygen atoms in total. The van der Waals surface area contributed by atoms with Crippen LogP contribution in [-0.4, -0.2) is 6.54 Å². The number of halogens is 1. The zero-order chi connectivity index (χ0) is 8.60. The van der Waals surface area contributed by atoms with Crippen molar-refractivity contribution in [2.24, 2.45) is 5.73 Å². The van der Waals surface area contributed by atoms with Crippen LogP contribution in [0.2, 0.25) is 0 Å². The van der Waals surface area contributed by atoms with E-state index in [9.17, 15) is 0 Å². The van der Waals surface area contributed by atoms with Crippen LogP contribution in [0.5, 0.6) is 0 Å². The molecule has 0 unspecified atom stereocenters. The van der Waals surface area contributed by atoms with Gasteiger partial charge < -0.3 is 5.73 Å². The standard InChI is InChI=1S/C10H12BrN/c11-9-3-1-2-8(6-9)10(7-12)4-5-10/h1-3,6H,4-5,7,12H2. The van der Waals surface area contributed by atoms with Crippen LogP contribution in [0, 0.1) is 0 Å². The van der Waals surface area contributed by atoms with Gasteiger partial charge in [0, 0.05) is 16.4 Å². The van der Waals surface area contributed by atoms with Gasteiger partial charge in [0.05, 0.1) is 0 Å². The number of rotatable bonds is 2. The first-order valence-electron chi connectivity index (χ1n) is 4.23. The van der Waals surface area contributed by atoms with Crippen LogP contribution in [-0.2, 0) is 5.41 Å². The van der Waals surface area contributed by atoms with Gasteiger partial charge in [-0.05, 0) is 30.5 Å². The lowest BCUT2D eigenvalue weighted by molar-refractivity contribution is 0.704. The molecule has 0 saturated heterocycles. The maximum Gasteiger partial charge on any atom is 0.0178 e. The van der Waals surface area contributed by atoms with Gasteiger partial charge in [0.25, 0.3) is 0 Å². The fourth-order valence-corrected chi connectivity index (χ4v) is 1.98. The molecule has 0 spiro atoms. The van der Waals surface area contributed by atoms with E-state index in [1.807, 2.05) is 0 Å². The predicted molar refractivity (Wildman–Crippen MR) is 54.1 cm³/mol. The van der Waals surface area contributed by atoms with Crippen molar-refractivity contribution in [2.75, 3.05) is 6.54 Å². The zero-order valence-electron chi connectivity index (χ0n) is 6.89. The Kier molecular flexibility index (Phi) is 1.97.